The molecular formula is C23H38FN5O. The van der Waals surface area contributed by atoms with E-state index >= 15 is 0 Å². The van der Waals surface area contributed by atoms with Gasteiger partial charge in [0.05, 0.1) is 25.4 Å². The minimum Gasteiger partial charge on any atom is -0.378 e. The topological polar surface area (TPSA) is 52.1 Å². The number of piperidine rings is 1. The van der Waals surface area contributed by atoms with E-state index in [1.807, 2.05) is 17.0 Å². The molecule has 3 rings (SSSR count). The van der Waals surface area contributed by atoms with Crippen LogP contribution in [0.2, 0.25) is 0 Å². The van der Waals surface area contributed by atoms with E-state index in [1.165, 1.54) is 25.9 Å². The molecule has 2 aliphatic rings. The van der Waals surface area contributed by atoms with Gasteiger partial charge < -0.3 is 25.2 Å². The first-order valence-electron chi connectivity index (χ1n) is 11.5. The number of likely N-dealkylation sites (tertiary alicyclic amines) is 1. The molecule has 30 heavy (non-hydrogen) atoms. The predicted molar refractivity (Wildman–Crippen MR) is 122 cm³/mol. The van der Waals surface area contributed by atoms with Gasteiger partial charge >= 0.3 is 0 Å². The lowest BCUT2D eigenvalue weighted by Gasteiger charge is -2.30. The highest BCUT2D eigenvalue weighted by Gasteiger charge is 2.16. The van der Waals surface area contributed by atoms with Gasteiger partial charge in [-0.3, -0.25) is 0 Å². The minimum atomic E-state index is -0.182. The van der Waals surface area contributed by atoms with Crippen LogP contribution in [0.25, 0.3) is 0 Å². The first-order chi connectivity index (χ1) is 14.7. The zero-order chi connectivity index (χ0) is 21.2. The Morgan fingerprint density at radius 2 is 1.93 bits per heavy atom. The molecular weight excluding hydrogens is 381 g/mol. The van der Waals surface area contributed by atoms with Crippen molar-refractivity contribution in [3.05, 3.63) is 29.6 Å². The van der Waals surface area contributed by atoms with Gasteiger partial charge in [-0.2, -0.15) is 0 Å². The Morgan fingerprint density at radius 3 is 2.63 bits per heavy atom. The summed E-state index contributed by atoms with van der Waals surface area (Å²) in [6.07, 6.45) is 3.73. The van der Waals surface area contributed by atoms with Gasteiger partial charge in [0.1, 0.15) is 5.82 Å². The zero-order valence-electron chi connectivity index (χ0n) is 18.6. The molecule has 6 nitrogen and oxygen atoms in total. The molecule has 0 aliphatic carbocycles. The van der Waals surface area contributed by atoms with Crippen molar-refractivity contribution in [1.82, 2.24) is 15.5 Å². The first kappa shape index (κ1) is 22.8. The smallest absolute Gasteiger partial charge is 0.191 e. The molecule has 0 amide bonds. The number of morpholine rings is 1. The van der Waals surface area contributed by atoms with Gasteiger partial charge in [-0.15, -0.1) is 0 Å². The summed E-state index contributed by atoms with van der Waals surface area (Å²) < 4.78 is 19.9. The third kappa shape index (κ3) is 7.13. The van der Waals surface area contributed by atoms with Gasteiger partial charge in [0.2, 0.25) is 0 Å². The molecule has 2 aliphatic heterocycles. The van der Waals surface area contributed by atoms with Crippen LogP contribution in [0.1, 0.15) is 38.7 Å². The van der Waals surface area contributed by atoms with Crippen LogP contribution in [0.15, 0.2) is 23.2 Å². The molecule has 1 aromatic carbocycles. The van der Waals surface area contributed by atoms with E-state index in [0.717, 1.165) is 56.6 Å². The molecule has 0 aromatic heterocycles. The molecule has 0 atom stereocenters. The van der Waals surface area contributed by atoms with Gasteiger partial charge in [0.25, 0.3) is 0 Å². The Morgan fingerprint density at radius 1 is 1.17 bits per heavy atom. The van der Waals surface area contributed by atoms with Crippen molar-refractivity contribution in [3.63, 3.8) is 0 Å². The Labute approximate surface area is 180 Å². The van der Waals surface area contributed by atoms with Crippen LogP contribution < -0.4 is 15.5 Å². The largest absolute Gasteiger partial charge is 0.378 e. The summed E-state index contributed by atoms with van der Waals surface area (Å²) in [5.41, 5.74) is 1.53. The van der Waals surface area contributed by atoms with Crippen molar-refractivity contribution in [2.45, 2.75) is 39.7 Å². The highest BCUT2D eigenvalue weighted by atomic mass is 19.1. The number of halogens is 1. The van der Waals surface area contributed by atoms with Crippen LogP contribution in [-0.2, 0) is 11.3 Å². The van der Waals surface area contributed by atoms with E-state index in [0.29, 0.717) is 25.4 Å². The first-order valence-corrected chi connectivity index (χ1v) is 11.5. The lowest BCUT2D eigenvalue weighted by Crippen LogP contribution is -2.39. The fourth-order valence-corrected chi connectivity index (χ4v) is 4.02. The van der Waals surface area contributed by atoms with Gasteiger partial charge in [0.15, 0.2) is 5.96 Å². The lowest BCUT2D eigenvalue weighted by atomic mass is 9.99. The zero-order valence-corrected chi connectivity index (χ0v) is 18.6. The van der Waals surface area contributed by atoms with Crippen molar-refractivity contribution in [1.29, 1.82) is 0 Å². The van der Waals surface area contributed by atoms with Crippen LogP contribution in [-0.4, -0.2) is 69.9 Å². The molecule has 168 valence electrons. The minimum absolute atomic E-state index is 0.182. The normalized spacial score (nSPS) is 19.2. The summed E-state index contributed by atoms with van der Waals surface area (Å²) in [6, 6.07) is 5.44. The molecule has 0 bridgehead atoms. The standard InChI is InChI=1S/C23H38FN5O/c1-3-25-23(26-9-4-10-28-11-7-19(2)8-12-28)27-18-20-5-6-22(21(24)17-20)29-13-15-30-16-14-29/h5-6,17,19H,3-4,7-16,18H2,1-2H3,(H2,25,26,27). The predicted octanol–water partition coefficient (Wildman–Crippen LogP) is 2.84. The molecule has 0 spiro atoms. The average molecular weight is 420 g/mol. The third-order valence-electron chi connectivity index (χ3n) is 5.95. The van der Waals surface area contributed by atoms with Crippen LogP contribution in [0, 0.1) is 11.7 Å². The summed E-state index contributed by atoms with van der Waals surface area (Å²) in [5.74, 6) is 1.49. The SMILES string of the molecule is CCNC(=NCc1ccc(N2CCOCC2)c(F)c1)NCCCN1CCC(C)CC1. The number of hydrogen-bond acceptors (Lipinski definition) is 4. The number of anilines is 1. The fourth-order valence-electron chi connectivity index (χ4n) is 4.02. The third-order valence-corrected chi connectivity index (χ3v) is 5.95. The van der Waals surface area contributed by atoms with Gasteiger partial charge in [0, 0.05) is 26.2 Å². The number of nitrogens with zero attached hydrogens (tertiary/aromatic N) is 3. The van der Waals surface area contributed by atoms with Crippen molar-refractivity contribution >= 4 is 11.6 Å². The maximum atomic E-state index is 14.6. The molecule has 0 radical (unpaired) electrons. The fraction of sp³-hybridized carbons (Fsp3) is 0.696. The lowest BCUT2D eigenvalue weighted by molar-refractivity contribution is 0.122. The van der Waals surface area contributed by atoms with Gasteiger partial charge in [-0.05, 0) is 69.4 Å². The maximum absolute atomic E-state index is 14.6. The van der Waals surface area contributed by atoms with Crippen LogP contribution in [0.5, 0.6) is 0 Å². The number of benzene rings is 1. The molecule has 2 fully saturated rings. The molecule has 0 saturated carbocycles. The molecule has 2 N–H and O–H groups in total. The van der Waals surface area contributed by atoms with Gasteiger partial charge in [-0.25, -0.2) is 9.38 Å². The summed E-state index contributed by atoms with van der Waals surface area (Å²) in [5, 5.41) is 6.70. The van der Waals surface area contributed by atoms with E-state index in [1.54, 1.807) is 6.07 Å². The van der Waals surface area contributed by atoms with Crippen LogP contribution in [0.4, 0.5) is 10.1 Å². The van der Waals surface area contributed by atoms with E-state index in [-0.39, 0.29) is 5.82 Å². The highest BCUT2D eigenvalue weighted by Crippen LogP contribution is 2.22. The maximum Gasteiger partial charge on any atom is 0.191 e. The molecule has 7 heteroatoms. The monoisotopic (exact) mass is 419 g/mol. The Balaban J connectivity index is 1.46. The Bertz CT molecular complexity index is 670. The number of ether oxygens (including phenoxy) is 1. The van der Waals surface area contributed by atoms with E-state index in [4.69, 9.17) is 4.74 Å². The number of nitrogens with one attached hydrogen (secondary N) is 2. The number of aliphatic imine (C=N–C) groups is 1. The van der Waals surface area contributed by atoms with Crippen molar-refractivity contribution in [2.75, 3.05) is 63.9 Å². The summed E-state index contributed by atoms with van der Waals surface area (Å²) in [4.78, 5) is 9.24. The molecule has 2 heterocycles. The van der Waals surface area contributed by atoms with Crippen molar-refractivity contribution < 1.29 is 9.13 Å². The Hall–Kier alpha value is -1.86. The highest BCUT2D eigenvalue weighted by molar-refractivity contribution is 5.79. The summed E-state index contributed by atoms with van der Waals surface area (Å²) in [7, 11) is 0. The quantitative estimate of drug-likeness (QED) is 0.386. The number of guanidine groups is 1. The number of hydrogen-bond donors (Lipinski definition) is 2. The van der Waals surface area contributed by atoms with E-state index in [2.05, 4.69) is 34.4 Å². The number of rotatable bonds is 8. The van der Waals surface area contributed by atoms with Gasteiger partial charge in [-0.1, -0.05) is 13.0 Å². The summed E-state index contributed by atoms with van der Waals surface area (Å²) in [6.45, 7) is 12.9. The van der Waals surface area contributed by atoms with Crippen LogP contribution >= 0.6 is 0 Å². The second kappa shape index (κ2) is 12.1. The van der Waals surface area contributed by atoms with E-state index < -0.39 is 0 Å². The second-order valence-corrected chi connectivity index (χ2v) is 8.38. The molecule has 1 aromatic rings. The second-order valence-electron chi connectivity index (χ2n) is 8.38. The summed E-state index contributed by atoms with van der Waals surface area (Å²) >= 11 is 0. The average Bonchev–Trinajstić information content (AvgIpc) is 2.77. The van der Waals surface area contributed by atoms with Crippen molar-refractivity contribution in [2.24, 2.45) is 10.9 Å². The molecule has 2 saturated heterocycles. The van der Waals surface area contributed by atoms with Crippen molar-refractivity contribution in [3.8, 4) is 0 Å². The Kier molecular flexibility index (Phi) is 9.21. The van der Waals surface area contributed by atoms with E-state index in [9.17, 15) is 4.39 Å². The molecule has 0 unspecified atom stereocenters. The van der Waals surface area contributed by atoms with Crippen LogP contribution in [0.3, 0.4) is 0 Å².